The molecule has 156 valence electrons. The molecule has 31 heavy (non-hydrogen) atoms. The predicted octanol–water partition coefficient (Wildman–Crippen LogP) is 4.32. The highest BCUT2D eigenvalue weighted by Crippen LogP contribution is 2.42. The lowest BCUT2D eigenvalue weighted by molar-refractivity contribution is -0.125. The van der Waals surface area contributed by atoms with Crippen molar-refractivity contribution in [3.05, 3.63) is 95.1 Å². The Morgan fingerprint density at radius 3 is 2.68 bits per heavy atom. The maximum absolute atomic E-state index is 13.4. The van der Waals surface area contributed by atoms with Gasteiger partial charge in [-0.3, -0.25) is 9.59 Å². The molecule has 6 nitrogen and oxygen atoms in total. The lowest BCUT2D eigenvalue weighted by atomic mass is 9.97. The Hall–Kier alpha value is -3.80. The molecule has 1 aliphatic rings. The van der Waals surface area contributed by atoms with Gasteiger partial charge in [-0.2, -0.15) is 0 Å². The number of aromatic nitrogens is 1. The maximum Gasteiger partial charge on any atom is 0.255 e. The van der Waals surface area contributed by atoms with E-state index in [0.717, 1.165) is 27.8 Å². The van der Waals surface area contributed by atoms with Crippen LogP contribution in [0.2, 0.25) is 0 Å². The van der Waals surface area contributed by atoms with E-state index in [9.17, 15) is 9.59 Å². The summed E-state index contributed by atoms with van der Waals surface area (Å²) in [6, 6.07) is 18.3. The van der Waals surface area contributed by atoms with Crippen molar-refractivity contribution in [2.45, 2.75) is 32.5 Å². The topological polar surface area (TPSA) is 78.3 Å². The number of H-pyrrole nitrogens is 1. The van der Waals surface area contributed by atoms with Crippen molar-refractivity contribution in [1.82, 2.24) is 15.2 Å². The highest BCUT2D eigenvalue weighted by molar-refractivity contribution is 6.03. The fourth-order valence-electron chi connectivity index (χ4n) is 4.40. The fourth-order valence-corrected chi connectivity index (χ4v) is 4.40. The molecule has 2 aromatic carbocycles. The minimum Gasteiger partial charge on any atom is -0.465 e. The molecule has 2 N–H and O–H groups in total. The van der Waals surface area contributed by atoms with E-state index >= 15 is 0 Å². The van der Waals surface area contributed by atoms with E-state index in [-0.39, 0.29) is 24.4 Å². The zero-order valence-corrected chi connectivity index (χ0v) is 17.4. The van der Waals surface area contributed by atoms with E-state index in [4.69, 9.17) is 4.42 Å². The molecule has 5 rings (SSSR count). The number of nitrogens with zero attached hydrogens (tertiary/aromatic N) is 1. The van der Waals surface area contributed by atoms with Crippen molar-refractivity contribution in [3.63, 3.8) is 0 Å². The quantitative estimate of drug-likeness (QED) is 0.511. The van der Waals surface area contributed by atoms with Crippen LogP contribution in [-0.2, 0) is 11.3 Å². The third-order valence-corrected chi connectivity index (χ3v) is 5.94. The molecule has 0 aliphatic carbocycles. The van der Waals surface area contributed by atoms with Crippen molar-refractivity contribution in [2.24, 2.45) is 0 Å². The van der Waals surface area contributed by atoms with Crippen molar-refractivity contribution < 1.29 is 14.0 Å². The van der Waals surface area contributed by atoms with Gasteiger partial charge in [0.05, 0.1) is 12.6 Å². The molecule has 2 amide bonds. The zero-order valence-electron chi connectivity index (χ0n) is 17.4. The highest BCUT2D eigenvalue weighted by atomic mass is 16.3. The van der Waals surface area contributed by atoms with Crippen molar-refractivity contribution in [1.29, 1.82) is 0 Å². The maximum atomic E-state index is 13.4. The molecule has 3 heterocycles. The number of carbonyl (C=O) groups excluding carboxylic acids is 2. The lowest BCUT2D eigenvalue weighted by Gasteiger charge is -2.30. The van der Waals surface area contributed by atoms with Gasteiger partial charge < -0.3 is 19.6 Å². The number of rotatable bonds is 5. The number of benzene rings is 2. The summed E-state index contributed by atoms with van der Waals surface area (Å²) in [5.74, 6) is 1.12. The van der Waals surface area contributed by atoms with Gasteiger partial charge in [-0.25, -0.2) is 0 Å². The first-order valence-electron chi connectivity index (χ1n) is 10.3. The third-order valence-electron chi connectivity index (χ3n) is 5.94. The van der Waals surface area contributed by atoms with Crippen LogP contribution in [0.5, 0.6) is 0 Å². The standard InChI is InChI=1S/C25H23N3O3/c1-15-11-12-17(31-15)13-27-24(29)16(2)28-23(19-8-3-4-9-20(19)25(28)30)21-14-26-22-10-6-5-7-18(21)22/h3-12,14,16,23,26H,13H2,1-2H3,(H,27,29)/t16-,23+/m1/s1. The molecule has 0 bridgehead atoms. The number of carbonyl (C=O) groups is 2. The Balaban J connectivity index is 1.50. The first-order valence-corrected chi connectivity index (χ1v) is 10.3. The van der Waals surface area contributed by atoms with Crippen molar-refractivity contribution in [3.8, 4) is 0 Å². The molecule has 6 heteroatoms. The van der Waals surface area contributed by atoms with Crippen LogP contribution in [0.1, 0.15) is 46.0 Å². The van der Waals surface area contributed by atoms with E-state index in [2.05, 4.69) is 10.3 Å². The van der Waals surface area contributed by atoms with Gasteiger partial charge in [-0.1, -0.05) is 36.4 Å². The second-order valence-electron chi connectivity index (χ2n) is 7.90. The number of amides is 2. The Morgan fingerprint density at radius 1 is 1.10 bits per heavy atom. The minimum atomic E-state index is -0.658. The zero-order chi connectivity index (χ0) is 21.5. The molecule has 0 saturated carbocycles. The fraction of sp³-hybridized carbons (Fsp3) is 0.200. The van der Waals surface area contributed by atoms with Gasteiger partial charge in [0.2, 0.25) is 5.91 Å². The van der Waals surface area contributed by atoms with Gasteiger partial charge in [0, 0.05) is 28.2 Å². The number of aromatic amines is 1. The lowest BCUT2D eigenvalue weighted by Crippen LogP contribution is -2.46. The van der Waals surface area contributed by atoms with Crippen LogP contribution in [0.4, 0.5) is 0 Å². The van der Waals surface area contributed by atoms with Crippen LogP contribution >= 0.6 is 0 Å². The van der Waals surface area contributed by atoms with Gasteiger partial charge in [0.25, 0.3) is 5.91 Å². The van der Waals surface area contributed by atoms with Crippen LogP contribution in [0.25, 0.3) is 10.9 Å². The van der Waals surface area contributed by atoms with Gasteiger partial charge in [-0.15, -0.1) is 0 Å². The SMILES string of the molecule is Cc1ccc(CNC(=O)[C@@H](C)N2C(=O)c3ccccc3[C@H]2c2c[nH]c3ccccc23)o1. The predicted molar refractivity (Wildman–Crippen MR) is 118 cm³/mol. The first kappa shape index (κ1) is 19.2. The van der Waals surface area contributed by atoms with Crippen molar-refractivity contribution >= 4 is 22.7 Å². The van der Waals surface area contributed by atoms with Gasteiger partial charge >= 0.3 is 0 Å². The van der Waals surface area contributed by atoms with Crippen LogP contribution in [0, 0.1) is 6.92 Å². The molecule has 4 aromatic rings. The number of hydrogen-bond acceptors (Lipinski definition) is 3. The number of furan rings is 1. The Morgan fingerprint density at radius 2 is 1.87 bits per heavy atom. The Bertz CT molecular complexity index is 1290. The molecular weight excluding hydrogens is 390 g/mol. The number of fused-ring (bicyclic) bond motifs is 2. The van der Waals surface area contributed by atoms with Gasteiger partial charge in [0.15, 0.2) is 0 Å². The largest absolute Gasteiger partial charge is 0.465 e. The van der Waals surface area contributed by atoms with E-state index in [1.54, 1.807) is 11.8 Å². The number of para-hydroxylation sites is 1. The first-order chi connectivity index (χ1) is 15.0. The summed E-state index contributed by atoms with van der Waals surface area (Å²) in [5.41, 5.74) is 3.53. The highest BCUT2D eigenvalue weighted by Gasteiger charge is 2.42. The van der Waals surface area contributed by atoms with Crippen LogP contribution in [-0.4, -0.2) is 27.7 Å². The summed E-state index contributed by atoms with van der Waals surface area (Å²) in [7, 11) is 0. The Labute approximate surface area is 179 Å². The van der Waals surface area contributed by atoms with E-state index in [1.165, 1.54) is 0 Å². The molecule has 0 fully saturated rings. The van der Waals surface area contributed by atoms with Crippen LogP contribution in [0.3, 0.4) is 0 Å². The average Bonchev–Trinajstić information content (AvgIpc) is 3.47. The summed E-state index contributed by atoms with van der Waals surface area (Å²) in [6.07, 6.45) is 1.94. The second kappa shape index (κ2) is 7.47. The summed E-state index contributed by atoms with van der Waals surface area (Å²) in [5, 5.41) is 3.95. The minimum absolute atomic E-state index is 0.137. The molecular formula is C25H23N3O3. The summed E-state index contributed by atoms with van der Waals surface area (Å²) in [4.78, 5) is 31.4. The summed E-state index contributed by atoms with van der Waals surface area (Å²) in [6.45, 7) is 3.91. The molecule has 0 saturated heterocycles. The second-order valence-corrected chi connectivity index (χ2v) is 7.90. The number of nitrogens with one attached hydrogen (secondary N) is 2. The average molecular weight is 413 g/mol. The Kier molecular flexibility index (Phi) is 4.62. The van der Waals surface area contributed by atoms with E-state index in [0.29, 0.717) is 11.3 Å². The molecule has 2 aromatic heterocycles. The van der Waals surface area contributed by atoms with Gasteiger partial charge in [0.1, 0.15) is 17.6 Å². The molecule has 2 atom stereocenters. The van der Waals surface area contributed by atoms with E-state index in [1.807, 2.05) is 73.8 Å². The summed E-state index contributed by atoms with van der Waals surface area (Å²) < 4.78 is 5.54. The normalized spacial score (nSPS) is 16.5. The van der Waals surface area contributed by atoms with Crippen LogP contribution in [0.15, 0.2) is 71.3 Å². The number of aryl methyl sites for hydroxylation is 1. The smallest absolute Gasteiger partial charge is 0.255 e. The molecule has 0 radical (unpaired) electrons. The monoisotopic (exact) mass is 413 g/mol. The third kappa shape index (κ3) is 3.20. The van der Waals surface area contributed by atoms with E-state index < -0.39 is 6.04 Å². The number of hydrogen-bond donors (Lipinski definition) is 2. The van der Waals surface area contributed by atoms with Gasteiger partial charge in [-0.05, 0) is 43.7 Å². The molecule has 1 aliphatic heterocycles. The van der Waals surface area contributed by atoms with Crippen LogP contribution < -0.4 is 5.32 Å². The molecule has 0 spiro atoms. The van der Waals surface area contributed by atoms with Crippen molar-refractivity contribution in [2.75, 3.05) is 0 Å². The molecule has 0 unspecified atom stereocenters. The summed E-state index contributed by atoms with van der Waals surface area (Å²) >= 11 is 0.